The number of H-pyrrole nitrogens is 1. The van der Waals surface area contributed by atoms with Crippen LogP contribution in [0.5, 0.6) is 11.5 Å². The normalized spacial score (nSPS) is 13.0. The van der Waals surface area contributed by atoms with Crippen LogP contribution in [-0.2, 0) is 0 Å². The number of hydrogen-bond acceptors (Lipinski definition) is 7. The summed E-state index contributed by atoms with van der Waals surface area (Å²) < 4.78 is 11.6. The molecule has 0 radical (unpaired) electrons. The summed E-state index contributed by atoms with van der Waals surface area (Å²) in [7, 11) is 0. The average molecular weight is 366 g/mol. The first-order chi connectivity index (χ1) is 10.2. The lowest BCUT2D eigenvalue weighted by molar-refractivity contribution is 0.174. The number of aromatic amines is 1. The summed E-state index contributed by atoms with van der Waals surface area (Å²) in [5.41, 5.74) is 7.08. The van der Waals surface area contributed by atoms with Gasteiger partial charge in [-0.1, -0.05) is 0 Å². The number of ether oxygens (including phenoxy) is 2. The lowest BCUT2D eigenvalue weighted by Gasteiger charge is -2.05. The molecule has 0 bridgehead atoms. The maximum absolute atomic E-state index is 5.89. The third-order valence-electron chi connectivity index (χ3n) is 2.92. The Morgan fingerprint density at radius 2 is 2.05 bits per heavy atom. The Labute approximate surface area is 131 Å². The Morgan fingerprint density at radius 3 is 2.90 bits per heavy atom. The molecule has 0 fully saturated rings. The van der Waals surface area contributed by atoms with E-state index in [2.05, 4.69) is 35.9 Å². The minimum absolute atomic E-state index is 0.235. The fourth-order valence-electron chi connectivity index (χ4n) is 1.96. The molecule has 3 heterocycles. The summed E-state index contributed by atoms with van der Waals surface area (Å²) >= 11 is 4.88. The summed E-state index contributed by atoms with van der Waals surface area (Å²) in [5, 5.41) is 0.520. The van der Waals surface area contributed by atoms with E-state index >= 15 is 0 Å². The van der Waals surface area contributed by atoms with Crippen LogP contribution in [0.15, 0.2) is 33.0 Å². The van der Waals surface area contributed by atoms with Gasteiger partial charge in [-0.25, -0.2) is 15.0 Å². The van der Waals surface area contributed by atoms with Gasteiger partial charge < -0.3 is 20.2 Å². The highest BCUT2D eigenvalue weighted by molar-refractivity contribution is 9.10. The molecule has 1 aliphatic heterocycles. The van der Waals surface area contributed by atoms with Crippen molar-refractivity contribution < 1.29 is 9.47 Å². The zero-order chi connectivity index (χ0) is 14.4. The Kier molecular flexibility index (Phi) is 2.89. The number of anilines is 1. The van der Waals surface area contributed by atoms with Crippen molar-refractivity contribution in [1.29, 1.82) is 0 Å². The maximum atomic E-state index is 5.89. The van der Waals surface area contributed by atoms with Gasteiger partial charge in [0.1, 0.15) is 5.52 Å². The third kappa shape index (κ3) is 2.18. The second-order valence-electron chi connectivity index (χ2n) is 4.23. The monoisotopic (exact) mass is 365 g/mol. The SMILES string of the molecule is Nc1nc(Sc2cc3c(cc2Br)OCO3)nc2nc[nH]c12. The van der Waals surface area contributed by atoms with Crippen LogP contribution < -0.4 is 15.2 Å². The minimum Gasteiger partial charge on any atom is -0.454 e. The number of nitrogen functional groups attached to an aromatic ring is 1. The van der Waals surface area contributed by atoms with Crippen molar-refractivity contribution in [1.82, 2.24) is 19.9 Å². The second-order valence-corrected chi connectivity index (χ2v) is 6.09. The Balaban J connectivity index is 1.74. The predicted molar refractivity (Wildman–Crippen MR) is 80.5 cm³/mol. The first-order valence-electron chi connectivity index (χ1n) is 5.94. The standard InChI is InChI=1S/C12H8BrN5O2S/c13-5-1-6-7(20-4-19-6)2-8(5)21-12-17-10(14)9-11(18-12)16-3-15-9/h1-3H,4H2,(H3,14,15,16,17,18). The van der Waals surface area contributed by atoms with Gasteiger partial charge in [0.2, 0.25) is 6.79 Å². The molecule has 0 saturated heterocycles. The summed E-state index contributed by atoms with van der Waals surface area (Å²) in [4.78, 5) is 16.6. The fourth-order valence-corrected chi connectivity index (χ4v) is 3.32. The van der Waals surface area contributed by atoms with Crippen LogP contribution in [0.2, 0.25) is 0 Å². The van der Waals surface area contributed by atoms with E-state index in [1.54, 1.807) is 6.33 Å². The number of imidazole rings is 1. The molecule has 21 heavy (non-hydrogen) atoms. The molecule has 4 rings (SSSR count). The molecule has 2 aromatic heterocycles. The summed E-state index contributed by atoms with van der Waals surface area (Å²) in [6.45, 7) is 0.235. The van der Waals surface area contributed by atoms with Gasteiger partial charge in [-0.3, -0.25) is 0 Å². The van der Waals surface area contributed by atoms with E-state index in [0.717, 1.165) is 15.1 Å². The van der Waals surface area contributed by atoms with E-state index in [-0.39, 0.29) is 6.79 Å². The van der Waals surface area contributed by atoms with Crippen molar-refractivity contribution in [2.45, 2.75) is 10.1 Å². The molecule has 1 aromatic carbocycles. The Bertz CT molecular complexity index is 853. The van der Waals surface area contributed by atoms with Gasteiger partial charge in [0.15, 0.2) is 28.1 Å². The van der Waals surface area contributed by atoms with Crippen LogP contribution in [0, 0.1) is 0 Å². The molecular formula is C12H8BrN5O2S. The predicted octanol–water partition coefficient (Wildman–Crippen LogP) is 2.58. The van der Waals surface area contributed by atoms with Crippen LogP contribution in [0.3, 0.4) is 0 Å². The molecule has 3 aromatic rings. The van der Waals surface area contributed by atoms with Crippen molar-refractivity contribution in [3.8, 4) is 11.5 Å². The molecule has 3 N–H and O–H groups in total. The third-order valence-corrected chi connectivity index (χ3v) is 4.76. The Morgan fingerprint density at radius 1 is 1.24 bits per heavy atom. The molecule has 0 spiro atoms. The number of nitrogens with one attached hydrogen (secondary N) is 1. The van der Waals surface area contributed by atoms with Crippen LogP contribution in [-0.4, -0.2) is 26.7 Å². The first-order valence-corrected chi connectivity index (χ1v) is 7.55. The van der Waals surface area contributed by atoms with E-state index in [1.165, 1.54) is 11.8 Å². The van der Waals surface area contributed by atoms with Gasteiger partial charge in [0, 0.05) is 9.37 Å². The number of nitrogens with two attached hydrogens (primary N) is 1. The highest BCUT2D eigenvalue weighted by atomic mass is 79.9. The highest BCUT2D eigenvalue weighted by Gasteiger charge is 2.18. The zero-order valence-corrected chi connectivity index (χ0v) is 12.9. The summed E-state index contributed by atoms with van der Waals surface area (Å²) in [6, 6.07) is 3.74. The molecule has 7 nitrogen and oxygen atoms in total. The number of hydrogen-bond donors (Lipinski definition) is 2. The van der Waals surface area contributed by atoms with Gasteiger partial charge >= 0.3 is 0 Å². The molecule has 106 valence electrons. The van der Waals surface area contributed by atoms with Gasteiger partial charge in [-0.05, 0) is 39.8 Å². The highest BCUT2D eigenvalue weighted by Crippen LogP contribution is 2.42. The van der Waals surface area contributed by atoms with E-state index < -0.39 is 0 Å². The van der Waals surface area contributed by atoms with E-state index in [0.29, 0.717) is 27.9 Å². The van der Waals surface area contributed by atoms with Gasteiger partial charge in [0.05, 0.1) is 6.33 Å². The van der Waals surface area contributed by atoms with Gasteiger partial charge in [-0.2, -0.15) is 0 Å². The lowest BCUT2D eigenvalue weighted by atomic mass is 10.3. The number of benzene rings is 1. The molecule has 9 heteroatoms. The molecule has 1 aliphatic rings. The molecule has 0 amide bonds. The number of halogens is 1. The minimum atomic E-state index is 0.235. The van der Waals surface area contributed by atoms with Crippen LogP contribution in [0.1, 0.15) is 0 Å². The van der Waals surface area contributed by atoms with E-state index in [9.17, 15) is 0 Å². The largest absolute Gasteiger partial charge is 0.454 e. The topological polar surface area (TPSA) is 98.9 Å². The summed E-state index contributed by atoms with van der Waals surface area (Å²) in [5.74, 6) is 1.79. The van der Waals surface area contributed by atoms with Crippen molar-refractivity contribution in [3.63, 3.8) is 0 Å². The van der Waals surface area contributed by atoms with E-state index in [1.807, 2.05) is 12.1 Å². The van der Waals surface area contributed by atoms with E-state index in [4.69, 9.17) is 15.2 Å². The Hall–Kier alpha value is -2.00. The van der Waals surface area contributed by atoms with Gasteiger partial charge in [-0.15, -0.1) is 0 Å². The van der Waals surface area contributed by atoms with Crippen LogP contribution in [0.25, 0.3) is 11.2 Å². The smallest absolute Gasteiger partial charge is 0.231 e. The average Bonchev–Trinajstić information content (AvgIpc) is 3.07. The number of rotatable bonds is 2. The molecule has 0 atom stereocenters. The van der Waals surface area contributed by atoms with Crippen molar-refractivity contribution >= 4 is 44.7 Å². The molecule has 0 saturated carbocycles. The second kappa shape index (κ2) is 4.78. The maximum Gasteiger partial charge on any atom is 0.231 e. The lowest BCUT2D eigenvalue weighted by Crippen LogP contribution is -1.96. The molecular weight excluding hydrogens is 358 g/mol. The van der Waals surface area contributed by atoms with Crippen LogP contribution >= 0.6 is 27.7 Å². The quantitative estimate of drug-likeness (QED) is 0.673. The molecule has 0 unspecified atom stereocenters. The number of fused-ring (bicyclic) bond motifs is 2. The zero-order valence-electron chi connectivity index (χ0n) is 10.5. The number of nitrogens with zero attached hydrogens (tertiary/aromatic N) is 3. The molecule has 0 aliphatic carbocycles. The summed E-state index contributed by atoms with van der Waals surface area (Å²) in [6.07, 6.45) is 1.54. The van der Waals surface area contributed by atoms with Crippen LogP contribution in [0.4, 0.5) is 5.82 Å². The fraction of sp³-hybridized carbons (Fsp3) is 0.0833. The van der Waals surface area contributed by atoms with Crippen molar-refractivity contribution in [2.24, 2.45) is 0 Å². The number of aromatic nitrogens is 4. The van der Waals surface area contributed by atoms with Gasteiger partial charge in [0.25, 0.3) is 0 Å². The first kappa shape index (κ1) is 12.7. The van der Waals surface area contributed by atoms with Crippen molar-refractivity contribution in [3.05, 3.63) is 22.9 Å². The van der Waals surface area contributed by atoms with Crippen molar-refractivity contribution in [2.75, 3.05) is 12.5 Å².